The van der Waals surface area contributed by atoms with Crippen molar-refractivity contribution in [3.05, 3.63) is 0 Å². The first-order chi connectivity index (χ1) is 7.56. The fraction of sp³-hybridized carbons (Fsp3) is 0.818. The molecule has 5 nitrogen and oxygen atoms in total. The molecule has 94 valence electrons. The van der Waals surface area contributed by atoms with Gasteiger partial charge in [-0.05, 0) is 26.3 Å². The lowest BCUT2D eigenvalue weighted by Crippen LogP contribution is -2.44. The lowest BCUT2D eigenvalue weighted by atomic mass is 10.2. The Morgan fingerprint density at radius 2 is 1.94 bits per heavy atom. The first kappa shape index (κ1) is 14.9. The van der Waals surface area contributed by atoms with E-state index in [4.69, 9.17) is 9.84 Å². The minimum atomic E-state index is -0.889. The third-order valence-corrected chi connectivity index (χ3v) is 2.26. The minimum absolute atomic E-state index is 0.0481. The maximum Gasteiger partial charge on any atom is 0.320 e. The lowest BCUT2D eigenvalue weighted by molar-refractivity contribution is -0.149. The standard InChI is InChI=1S/C11H21NO4/c1-4-7-12(8-10(13)16-6-3)9(5-2)11(14)15/h9H,4-8H2,1-3H3,(H,14,15). The van der Waals surface area contributed by atoms with Gasteiger partial charge in [0.05, 0.1) is 13.2 Å². The number of hydrogen-bond acceptors (Lipinski definition) is 4. The zero-order chi connectivity index (χ0) is 12.6. The second-order valence-corrected chi connectivity index (χ2v) is 3.54. The van der Waals surface area contributed by atoms with Gasteiger partial charge in [0.1, 0.15) is 6.04 Å². The van der Waals surface area contributed by atoms with Crippen LogP contribution in [-0.2, 0) is 14.3 Å². The van der Waals surface area contributed by atoms with E-state index in [1.165, 1.54) is 0 Å². The molecule has 0 aromatic carbocycles. The van der Waals surface area contributed by atoms with Crippen molar-refractivity contribution in [1.29, 1.82) is 0 Å². The number of carboxylic acid groups (broad SMARTS) is 1. The van der Waals surface area contributed by atoms with Crippen molar-refractivity contribution in [2.75, 3.05) is 19.7 Å². The Morgan fingerprint density at radius 1 is 1.31 bits per heavy atom. The van der Waals surface area contributed by atoms with Crippen LogP contribution in [-0.4, -0.2) is 47.7 Å². The van der Waals surface area contributed by atoms with Crippen molar-refractivity contribution >= 4 is 11.9 Å². The van der Waals surface area contributed by atoms with E-state index in [2.05, 4.69) is 0 Å². The van der Waals surface area contributed by atoms with Crippen molar-refractivity contribution in [1.82, 2.24) is 4.90 Å². The van der Waals surface area contributed by atoms with Gasteiger partial charge in [0.2, 0.25) is 0 Å². The second kappa shape index (κ2) is 8.10. The van der Waals surface area contributed by atoms with Gasteiger partial charge in [-0.25, -0.2) is 0 Å². The van der Waals surface area contributed by atoms with Gasteiger partial charge in [0, 0.05) is 0 Å². The largest absolute Gasteiger partial charge is 0.480 e. The number of hydrogen-bond donors (Lipinski definition) is 1. The zero-order valence-electron chi connectivity index (χ0n) is 10.2. The quantitative estimate of drug-likeness (QED) is 0.634. The molecule has 0 aromatic rings. The molecule has 1 N–H and O–H groups in total. The summed E-state index contributed by atoms with van der Waals surface area (Å²) in [6, 6.07) is -0.607. The topological polar surface area (TPSA) is 66.8 Å². The van der Waals surface area contributed by atoms with Gasteiger partial charge >= 0.3 is 11.9 Å². The predicted octanol–water partition coefficient (Wildman–Crippen LogP) is 1.12. The molecule has 0 amide bonds. The van der Waals surface area contributed by atoms with Gasteiger partial charge in [-0.15, -0.1) is 0 Å². The number of rotatable bonds is 8. The van der Waals surface area contributed by atoms with Crippen LogP contribution in [0.4, 0.5) is 0 Å². The first-order valence-corrected chi connectivity index (χ1v) is 5.69. The molecule has 0 aliphatic rings. The summed E-state index contributed by atoms with van der Waals surface area (Å²) in [7, 11) is 0. The Balaban J connectivity index is 4.45. The number of nitrogens with zero attached hydrogens (tertiary/aromatic N) is 1. The average Bonchev–Trinajstić information content (AvgIpc) is 2.18. The number of esters is 1. The number of aliphatic carboxylic acids is 1. The Hall–Kier alpha value is -1.10. The van der Waals surface area contributed by atoms with Gasteiger partial charge in [-0.3, -0.25) is 14.5 Å². The molecule has 1 unspecified atom stereocenters. The van der Waals surface area contributed by atoms with Gasteiger partial charge in [0.25, 0.3) is 0 Å². The molecule has 0 rings (SSSR count). The molecule has 0 saturated carbocycles. The summed E-state index contributed by atoms with van der Waals surface area (Å²) in [5.74, 6) is -1.25. The maximum absolute atomic E-state index is 11.3. The van der Waals surface area contributed by atoms with Crippen molar-refractivity contribution < 1.29 is 19.4 Å². The third kappa shape index (κ3) is 5.11. The minimum Gasteiger partial charge on any atom is -0.480 e. The molecule has 0 saturated heterocycles. The van der Waals surface area contributed by atoms with Crippen LogP contribution in [0.25, 0.3) is 0 Å². The molecule has 0 aliphatic heterocycles. The fourth-order valence-electron chi connectivity index (χ4n) is 1.59. The molecule has 0 fully saturated rings. The van der Waals surface area contributed by atoms with Crippen LogP contribution in [0.2, 0.25) is 0 Å². The van der Waals surface area contributed by atoms with Gasteiger partial charge < -0.3 is 9.84 Å². The summed E-state index contributed by atoms with van der Waals surface area (Å²) in [6.45, 7) is 6.44. The summed E-state index contributed by atoms with van der Waals surface area (Å²) in [4.78, 5) is 24.0. The van der Waals surface area contributed by atoms with Crippen molar-refractivity contribution in [3.63, 3.8) is 0 Å². The van der Waals surface area contributed by atoms with E-state index in [9.17, 15) is 9.59 Å². The molecule has 16 heavy (non-hydrogen) atoms. The molecule has 5 heteroatoms. The van der Waals surface area contributed by atoms with Crippen LogP contribution in [0, 0.1) is 0 Å². The Morgan fingerprint density at radius 3 is 2.31 bits per heavy atom. The molecule has 0 heterocycles. The van der Waals surface area contributed by atoms with E-state index >= 15 is 0 Å². The normalized spacial score (nSPS) is 12.5. The lowest BCUT2D eigenvalue weighted by Gasteiger charge is -2.26. The zero-order valence-corrected chi connectivity index (χ0v) is 10.2. The molecular formula is C11H21NO4. The van der Waals surface area contributed by atoms with Gasteiger partial charge in [0.15, 0.2) is 0 Å². The smallest absolute Gasteiger partial charge is 0.320 e. The predicted molar refractivity (Wildman–Crippen MR) is 60.2 cm³/mol. The summed E-state index contributed by atoms with van der Waals surface area (Å²) >= 11 is 0. The van der Waals surface area contributed by atoms with E-state index in [0.29, 0.717) is 19.6 Å². The molecule has 0 spiro atoms. The molecule has 0 aromatic heterocycles. The van der Waals surface area contributed by atoms with Crippen molar-refractivity contribution in [3.8, 4) is 0 Å². The fourth-order valence-corrected chi connectivity index (χ4v) is 1.59. The summed E-state index contributed by atoms with van der Waals surface area (Å²) < 4.78 is 4.82. The highest BCUT2D eigenvalue weighted by molar-refractivity contribution is 5.76. The van der Waals surface area contributed by atoms with Gasteiger partial charge in [-0.2, -0.15) is 0 Å². The van der Waals surface area contributed by atoms with Crippen LogP contribution in [0.1, 0.15) is 33.6 Å². The number of carbonyl (C=O) groups is 2. The number of carbonyl (C=O) groups excluding carboxylic acids is 1. The molecule has 1 atom stereocenters. The molecular weight excluding hydrogens is 210 g/mol. The number of carboxylic acids is 1. The van der Waals surface area contributed by atoms with Crippen molar-refractivity contribution in [2.24, 2.45) is 0 Å². The van der Waals surface area contributed by atoms with Crippen molar-refractivity contribution in [2.45, 2.75) is 39.7 Å². The van der Waals surface area contributed by atoms with E-state index in [1.54, 1.807) is 18.7 Å². The highest BCUT2D eigenvalue weighted by Crippen LogP contribution is 2.06. The van der Waals surface area contributed by atoms with E-state index in [-0.39, 0.29) is 12.5 Å². The molecule has 0 radical (unpaired) electrons. The highest BCUT2D eigenvalue weighted by atomic mass is 16.5. The Bertz CT molecular complexity index is 230. The Kier molecular flexibility index (Phi) is 7.54. The summed E-state index contributed by atoms with van der Waals surface area (Å²) in [5.41, 5.74) is 0. The molecule has 0 aliphatic carbocycles. The summed E-state index contributed by atoms with van der Waals surface area (Å²) in [5, 5.41) is 9.02. The van der Waals surface area contributed by atoms with E-state index in [0.717, 1.165) is 6.42 Å². The monoisotopic (exact) mass is 231 g/mol. The van der Waals surface area contributed by atoms with Gasteiger partial charge in [-0.1, -0.05) is 13.8 Å². The first-order valence-electron chi connectivity index (χ1n) is 5.69. The molecule has 0 bridgehead atoms. The third-order valence-electron chi connectivity index (χ3n) is 2.26. The average molecular weight is 231 g/mol. The van der Waals surface area contributed by atoms with Crippen LogP contribution in [0.5, 0.6) is 0 Å². The highest BCUT2D eigenvalue weighted by Gasteiger charge is 2.25. The maximum atomic E-state index is 11.3. The van der Waals surface area contributed by atoms with Crippen LogP contribution >= 0.6 is 0 Å². The summed E-state index contributed by atoms with van der Waals surface area (Å²) in [6.07, 6.45) is 1.29. The van der Waals surface area contributed by atoms with Crippen LogP contribution < -0.4 is 0 Å². The van der Waals surface area contributed by atoms with Crippen LogP contribution in [0.15, 0.2) is 0 Å². The number of ether oxygens (including phenoxy) is 1. The van der Waals surface area contributed by atoms with E-state index in [1.807, 2.05) is 6.92 Å². The van der Waals surface area contributed by atoms with Crippen LogP contribution in [0.3, 0.4) is 0 Å². The SMILES string of the molecule is CCCN(CC(=O)OCC)C(CC)C(=O)O. The second-order valence-electron chi connectivity index (χ2n) is 3.54. The Labute approximate surface area is 96.4 Å². The van der Waals surface area contributed by atoms with E-state index < -0.39 is 12.0 Å².